The molecule has 0 unspecified atom stereocenters. The van der Waals surface area contributed by atoms with Crippen LogP contribution >= 0.6 is 35.6 Å². The van der Waals surface area contributed by atoms with Crippen LogP contribution in [-0.2, 0) is 6.42 Å². The van der Waals surface area contributed by atoms with Crippen molar-refractivity contribution in [1.82, 2.24) is 16.0 Å². The first-order chi connectivity index (χ1) is 13.1. The number of ether oxygens (including phenoxy) is 1. The summed E-state index contributed by atoms with van der Waals surface area (Å²) < 4.78 is 5.63. The zero-order valence-corrected chi connectivity index (χ0v) is 19.1. The van der Waals surface area contributed by atoms with Gasteiger partial charge in [0.25, 0.3) is 5.91 Å². The fraction of sp³-hybridized carbons (Fsp3) is 0.300. The molecule has 0 spiro atoms. The third-order valence-electron chi connectivity index (χ3n) is 3.82. The number of carbonyl (C=O) groups excluding carboxylic acids is 1. The maximum absolute atomic E-state index is 11.7. The van der Waals surface area contributed by atoms with Gasteiger partial charge in [-0.2, -0.15) is 0 Å². The van der Waals surface area contributed by atoms with Crippen LogP contribution in [0.25, 0.3) is 0 Å². The highest BCUT2D eigenvalue weighted by Gasteiger charge is 2.04. The van der Waals surface area contributed by atoms with E-state index < -0.39 is 0 Å². The van der Waals surface area contributed by atoms with Gasteiger partial charge in [-0.05, 0) is 48.4 Å². The standard InChI is InChI=1S/C20H25ClN4O2.HI/c1-22-19(26)16-5-3-4-15(14-16)10-11-24-20(23-2)25-12-13-27-18-8-6-17(21)7-9-18;/h3-9,14H,10-13H2,1-2H3,(H,22,26)(H2,23,24,25);1H. The first kappa shape index (κ1) is 24.0. The monoisotopic (exact) mass is 516 g/mol. The second kappa shape index (κ2) is 13.2. The highest BCUT2D eigenvalue weighted by Crippen LogP contribution is 2.15. The van der Waals surface area contributed by atoms with Crippen molar-refractivity contribution in [2.45, 2.75) is 6.42 Å². The molecule has 0 aliphatic heterocycles. The normalized spacial score (nSPS) is 10.6. The van der Waals surface area contributed by atoms with E-state index in [-0.39, 0.29) is 29.9 Å². The molecule has 0 atom stereocenters. The summed E-state index contributed by atoms with van der Waals surface area (Å²) in [6.45, 7) is 1.83. The minimum atomic E-state index is -0.0806. The van der Waals surface area contributed by atoms with E-state index in [4.69, 9.17) is 16.3 Å². The SMILES string of the molecule is CN=C(NCCOc1ccc(Cl)cc1)NCCc1cccc(C(=O)NC)c1.I. The predicted molar refractivity (Wildman–Crippen MR) is 125 cm³/mol. The van der Waals surface area contributed by atoms with Gasteiger partial charge in [-0.25, -0.2) is 0 Å². The van der Waals surface area contributed by atoms with Crippen molar-refractivity contribution < 1.29 is 9.53 Å². The lowest BCUT2D eigenvalue weighted by Gasteiger charge is -2.13. The summed E-state index contributed by atoms with van der Waals surface area (Å²) in [6.07, 6.45) is 0.785. The van der Waals surface area contributed by atoms with Crippen molar-refractivity contribution in [3.8, 4) is 5.75 Å². The Labute approximate surface area is 188 Å². The molecule has 0 saturated heterocycles. The summed E-state index contributed by atoms with van der Waals surface area (Å²) in [5, 5.41) is 9.77. The zero-order valence-electron chi connectivity index (χ0n) is 16.0. The topological polar surface area (TPSA) is 74.8 Å². The van der Waals surface area contributed by atoms with E-state index in [2.05, 4.69) is 20.9 Å². The Bertz CT molecular complexity index is 769. The molecular formula is C20H26ClIN4O2. The molecule has 0 aliphatic carbocycles. The largest absolute Gasteiger partial charge is 0.492 e. The zero-order chi connectivity index (χ0) is 19.5. The second-order valence-corrected chi connectivity index (χ2v) is 6.19. The van der Waals surface area contributed by atoms with Gasteiger partial charge < -0.3 is 20.7 Å². The number of aliphatic imine (C=N–C) groups is 1. The van der Waals surface area contributed by atoms with Crippen LogP contribution in [0, 0.1) is 0 Å². The molecule has 6 nitrogen and oxygen atoms in total. The number of nitrogens with zero attached hydrogens (tertiary/aromatic N) is 1. The summed E-state index contributed by atoms with van der Waals surface area (Å²) in [5.41, 5.74) is 1.75. The van der Waals surface area contributed by atoms with Crippen LogP contribution in [0.2, 0.25) is 5.02 Å². The van der Waals surface area contributed by atoms with Gasteiger partial charge in [-0.15, -0.1) is 24.0 Å². The summed E-state index contributed by atoms with van der Waals surface area (Å²) >= 11 is 5.85. The van der Waals surface area contributed by atoms with Crippen molar-refractivity contribution in [2.24, 2.45) is 4.99 Å². The summed E-state index contributed by atoms with van der Waals surface area (Å²) in [7, 11) is 3.35. The Morgan fingerprint density at radius 2 is 1.82 bits per heavy atom. The van der Waals surface area contributed by atoms with E-state index in [9.17, 15) is 4.79 Å². The van der Waals surface area contributed by atoms with Gasteiger partial charge in [0.2, 0.25) is 0 Å². The van der Waals surface area contributed by atoms with Crippen LogP contribution in [0.15, 0.2) is 53.5 Å². The molecule has 0 fully saturated rings. The van der Waals surface area contributed by atoms with Gasteiger partial charge >= 0.3 is 0 Å². The van der Waals surface area contributed by atoms with Gasteiger partial charge in [0, 0.05) is 31.2 Å². The van der Waals surface area contributed by atoms with Gasteiger partial charge in [0.05, 0.1) is 6.54 Å². The number of hydrogen-bond donors (Lipinski definition) is 3. The molecule has 0 aromatic heterocycles. The van der Waals surface area contributed by atoms with Crippen molar-refractivity contribution in [2.75, 3.05) is 33.8 Å². The number of rotatable bonds is 8. The van der Waals surface area contributed by atoms with Crippen LogP contribution in [0.3, 0.4) is 0 Å². The van der Waals surface area contributed by atoms with Crippen molar-refractivity contribution >= 4 is 47.4 Å². The molecule has 1 amide bonds. The molecule has 2 aromatic carbocycles. The number of halogens is 2. The van der Waals surface area contributed by atoms with Gasteiger partial charge in [0.15, 0.2) is 5.96 Å². The molecular weight excluding hydrogens is 491 g/mol. The minimum absolute atomic E-state index is 0. The minimum Gasteiger partial charge on any atom is -0.492 e. The van der Waals surface area contributed by atoms with Gasteiger partial charge in [-0.1, -0.05) is 23.7 Å². The Hall–Kier alpha value is -2.00. The van der Waals surface area contributed by atoms with Crippen LogP contribution in [0.5, 0.6) is 5.75 Å². The highest BCUT2D eigenvalue weighted by atomic mass is 127. The molecule has 0 bridgehead atoms. The number of hydrogen-bond acceptors (Lipinski definition) is 3. The fourth-order valence-electron chi connectivity index (χ4n) is 2.43. The van der Waals surface area contributed by atoms with Crippen LogP contribution in [0.1, 0.15) is 15.9 Å². The lowest BCUT2D eigenvalue weighted by atomic mass is 10.1. The lowest BCUT2D eigenvalue weighted by molar-refractivity contribution is 0.0963. The fourth-order valence-corrected chi connectivity index (χ4v) is 2.55. The molecule has 0 aliphatic rings. The maximum Gasteiger partial charge on any atom is 0.251 e. The van der Waals surface area contributed by atoms with Crippen LogP contribution in [-0.4, -0.2) is 45.7 Å². The number of benzene rings is 2. The molecule has 152 valence electrons. The quantitative estimate of drug-likeness (QED) is 0.218. The highest BCUT2D eigenvalue weighted by molar-refractivity contribution is 14.0. The Balaban J connectivity index is 0.00000392. The first-order valence-electron chi connectivity index (χ1n) is 8.76. The van der Waals surface area contributed by atoms with E-state index in [1.165, 1.54) is 0 Å². The molecule has 2 aromatic rings. The average molecular weight is 517 g/mol. The van der Waals surface area contributed by atoms with E-state index >= 15 is 0 Å². The smallest absolute Gasteiger partial charge is 0.251 e. The number of amides is 1. The number of guanidine groups is 1. The number of nitrogens with one attached hydrogen (secondary N) is 3. The summed E-state index contributed by atoms with van der Waals surface area (Å²) in [6, 6.07) is 14.9. The molecule has 2 rings (SSSR count). The lowest BCUT2D eigenvalue weighted by Crippen LogP contribution is -2.40. The molecule has 8 heteroatoms. The molecule has 0 heterocycles. The van der Waals surface area contributed by atoms with E-state index in [1.54, 1.807) is 32.3 Å². The van der Waals surface area contributed by atoms with E-state index in [0.29, 0.717) is 36.2 Å². The molecule has 0 radical (unpaired) electrons. The third-order valence-corrected chi connectivity index (χ3v) is 4.07. The Morgan fingerprint density at radius 3 is 2.50 bits per heavy atom. The summed E-state index contributed by atoms with van der Waals surface area (Å²) in [4.78, 5) is 15.9. The summed E-state index contributed by atoms with van der Waals surface area (Å²) in [5.74, 6) is 1.40. The molecule has 0 saturated carbocycles. The van der Waals surface area contributed by atoms with Crippen LogP contribution < -0.4 is 20.7 Å². The predicted octanol–water partition coefficient (Wildman–Crippen LogP) is 3.10. The van der Waals surface area contributed by atoms with Crippen molar-refractivity contribution in [1.29, 1.82) is 0 Å². The Morgan fingerprint density at radius 1 is 1.11 bits per heavy atom. The molecule has 3 N–H and O–H groups in total. The third kappa shape index (κ3) is 8.35. The number of carbonyl (C=O) groups is 1. The average Bonchev–Trinajstić information content (AvgIpc) is 2.70. The van der Waals surface area contributed by atoms with Gasteiger partial charge in [-0.3, -0.25) is 9.79 Å². The van der Waals surface area contributed by atoms with E-state index in [0.717, 1.165) is 17.7 Å². The van der Waals surface area contributed by atoms with Crippen LogP contribution in [0.4, 0.5) is 0 Å². The van der Waals surface area contributed by atoms with Crippen molar-refractivity contribution in [3.05, 3.63) is 64.7 Å². The first-order valence-corrected chi connectivity index (χ1v) is 9.14. The molecule has 28 heavy (non-hydrogen) atoms. The maximum atomic E-state index is 11.7. The Kier molecular flexibility index (Phi) is 11.4. The van der Waals surface area contributed by atoms with Gasteiger partial charge in [0.1, 0.15) is 12.4 Å². The van der Waals surface area contributed by atoms with Crippen molar-refractivity contribution in [3.63, 3.8) is 0 Å². The van der Waals surface area contributed by atoms with E-state index in [1.807, 2.05) is 30.3 Å². The second-order valence-electron chi connectivity index (χ2n) is 5.76.